The van der Waals surface area contributed by atoms with E-state index in [0.29, 0.717) is 12.8 Å². The van der Waals surface area contributed by atoms with Crippen LogP contribution >= 0.6 is 0 Å². The summed E-state index contributed by atoms with van der Waals surface area (Å²) in [6.07, 6.45) is 6.44. The summed E-state index contributed by atoms with van der Waals surface area (Å²) in [6, 6.07) is 0.186. The second-order valence-electron chi connectivity index (χ2n) is 6.06. The Labute approximate surface area is 128 Å². The van der Waals surface area contributed by atoms with Gasteiger partial charge in [-0.2, -0.15) is 0 Å². The Morgan fingerprint density at radius 2 is 1.86 bits per heavy atom. The van der Waals surface area contributed by atoms with Crippen LogP contribution in [0.3, 0.4) is 0 Å². The molecule has 0 aromatic carbocycles. The highest BCUT2D eigenvalue weighted by molar-refractivity contribution is 5.78. The minimum absolute atomic E-state index is 0.101. The van der Waals surface area contributed by atoms with Gasteiger partial charge in [0.1, 0.15) is 0 Å². The maximum absolute atomic E-state index is 12.4. The van der Waals surface area contributed by atoms with Gasteiger partial charge in [0, 0.05) is 19.1 Å². The van der Waals surface area contributed by atoms with E-state index in [0.717, 1.165) is 25.8 Å². The van der Waals surface area contributed by atoms with Gasteiger partial charge in [0.15, 0.2) is 0 Å². The first-order valence-electron chi connectivity index (χ1n) is 8.28. The zero-order chi connectivity index (χ0) is 15.9. The second kappa shape index (κ2) is 8.25. The van der Waals surface area contributed by atoms with Crippen molar-refractivity contribution >= 4 is 12.0 Å². The highest BCUT2D eigenvalue weighted by atomic mass is 16.4. The molecule has 5 heteroatoms. The molecule has 0 spiro atoms. The molecule has 0 bridgehead atoms. The van der Waals surface area contributed by atoms with Crippen molar-refractivity contribution in [2.45, 2.75) is 71.8 Å². The number of aliphatic carboxylic acids is 1. The minimum atomic E-state index is -0.844. The number of amides is 2. The Hall–Kier alpha value is -1.26. The van der Waals surface area contributed by atoms with Gasteiger partial charge in [0.05, 0.1) is 5.41 Å². The lowest BCUT2D eigenvalue weighted by Crippen LogP contribution is -2.50. The summed E-state index contributed by atoms with van der Waals surface area (Å²) in [5, 5.41) is 12.3. The summed E-state index contributed by atoms with van der Waals surface area (Å²) in [5.74, 6) is -0.823. The van der Waals surface area contributed by atoms with Crippen LogP contribution in [0.15, 0.2) is 0 Å². The molecule has 1 aliphatic rings. The number of carboxylic acids is 1. The average Bonchev–Trinajstić information content (AvgIpc) is 2.73. The molecule has 0 aromatic rings. The molecule has 0 saturated carbocycles. The molecule has 1 saturated heterocycles. The highest BCUT2D eigenvalue weighted by Gasteiger charge is 2.36. The van der Waals surface area contributed by atoms with Crippen LogP contribution in [-0.2, 0) is 4.79 Å². The standard InChI is InChI=1S/C16H30N2O3/c1-4-13-10-8-7-9-11-18(13)15(21)17-12-16(5-2,6-3)14(19)20/h13H,4-12H2,1-3H3,(H,17,21)(H,19,20). The van der Waals surface area contributed by atoms with E-state index in [4.69, 9.17) is 0 Å². The Bertz CT molecular complexity index is 353. The highest BCUT2D eigenvalue weighted by Crippen LogP contribution is 2.26. The lowest BCUT2D eigenvalue weighted by atomic mass is 9.82. The first-order chi connectivity index (χ1) is 10.0. The first kappa shape index (κ1) is 17.8. The number of carbonyl (C=O) groups excluding carboxylic acids is 1. The summed E-state index contributed by atoms with van der Waals surface area (Å²) >= 11 is 0. The molecule has 1 aliphatic heterocycles. The van der Waals surface area contributed by atoms with Crippen LogP contribution in [-0.4, -0.2) is 41.1 Å². The van der Waals surface area contributed by atoms with Crippen molar-refractivity contribution in [3.63, 3.8) is 0 Å². The fourth-order valence-corrected chi connectivity index (χ4v) is 3.09. The van der Waals surface area contributed by atoms with Crippen LogP contribution < -0.4 is 5.32 Å². The van der Waals surface area contributed by atoms with E-state index in [9.17, 15) is 14.7 Å². The number of likely N-dealkylation sites (tertiary alicyclic amines) is 1. The van der Waals surface area contributed by atoms with Gasteiger partial charge in [0.2, 0.25) is 0 Å². The predicted molar refractivity (Wildman–Crippen MR) is 83.3 cm³/mol. The van der Waals surface area contributed by atoms with Crippen molar-refractivity contribution < 1.29 is 14.7 Å². The van der Waals surface area contributed by atoms with Gasteiger partial charge in [-0.15, -0.1) is 0 Å². The molecule has 0 radical (unpaired) electrons. The number of hydrogen-bond donors (Lipinski definition) is 2. The van der Waals surface area contributed by atoms with E-state index < -0.39 is 11.4 Å². The van der Waals surface area contributed by atoms with E-state index in [1.165, 1.54) is 12.8 Å². The summed E-state index contributed by atoms with van der Waals surface area (Å²) in [6.45, 7) is 6.83. The Balaban J connectivity index is 2.68. The number of urea groups is 1. The van der Waals surface area contributed by atoms with Gasteiger partial charge >= 0.3 is 12.0 Å². The van der Waals surface area contributed by atoms with Crippen LogP contribution in [0.4, 0.5) is 4.79 Å². The Morgan fingerprint density at radius 3 is 2.38 bits per heavy atom. The number of hydrogen-bond acceptors (Lipinski definition) is 2. The van der Waals surface area contributed by atoms with Gasteiger partial charge in [-0.3, -0.25) is 4.79 Å². The molecule has 21 heavy (non-hydrogen) atoms. The molecule has 1 atom stereocenters. The van der Waals surface area contributed by atoms with Crippen LogP contribution in [0, 0.1) is 5.41 Å². The zero-order valence-electron chi connectivity index (χ0n) is 13.7. The normalized spacial score (nSPS) is 20.0. The molecule has 2 N–H and O–H groups in total. The molecular formula is C16H30N2O3. The topological polar surface area (TPSA) is 69.6 Å². The smallest absolute Gasteiger partial charge is 0.317 e. The molecule has 0 aliphatic carbocycles. The van der Waals surface area contributed by atoms with Gasteiger partial charge in [0.25, 0.3) is 0 Å². The molecule has 5 nitrogen and oxygen atoms in total. The molecule has 1 unspecified atom stereocenters. The lowest BCUT2D eigenvalue weighted by Gasteiger charge is -2.32. The summed E-state index contributed by atoms with van der Waals surface area (Å²) in [4.78, 5) is 25.8. The van der Waals surface area contributed by atoms with E-state index >= 15 is 0 Å². The lowest BCUT2D eigenvalue weighted by molar-refractivity contribution is -0.149. The number of carbonyl (C=O) groups is 2. The third-order valence-corrected chi connectivity index (χ3v) is 4.99. The van der Waals surface area contributed by atoms with Gasteiger partial charge in [-0.05, 0) is 32.1 Å². The third kappa shape index (κ3) is 4.35. The number of nitrogens with one attached hydrogen (secondary N) is 1. The molecule has 1 fully saturated rings. The van der Waals surface area contributed by atoms with Crippen LogP contribution in [0.5, 0.6) is 0 Å². The van der Waals surface area contributed by atoms with E-state index in [-0.39, 0.29) is 18.6 Å². The number of nitrogens with zero attached hydrogens (tertiary/aromatic N) is 1. The SMILES string of the molecule is CCC1CCCCCN1C(=O)NCC(CC)(CC)C(=O)O. The van der Waals surface area contributed by atoms with Crippen molar-refractivity contribution in [1.29, 1.82) is 0 Å². The summed E-state index contributed by atoms with van der Waals surface area (Å²) in [7, 11) is 0. The second-order valence-corrected chi connectivity index (χ2v) is 6.06. The average molecular weight is 298 g/mol. The van der Waals surface area contributed by atoms with Gasteiger partial charge in [-0.1, -0.05) is 33.6 Å². The van der Waals surface area contributed by atoms with E-state index in [1.807, 2.05) is 18.7 Å². The van der Waals surface area contributed by atoms with Gasteiger partial charge < -0.3 is 15.3 Å². The maximum Gasteiger partial charge on any atom is 0.317 e. The number of carboxylic acid groups (broad SMARTS) is 1. The quantitative estimate of drug-likeness (QED) is 0.791. The fraction of sp³-hybridized carbons (Fsp3) is 0.875. The van der Waals surface area contributed by atoms with Crippen molar-refractivity contribution in [2.75, 3.05) is 13.1 Å². The molecule has 1 heterocycles. The van der Waals surface area contributed by atoms with Crippen LogP contribution in [0.25, 0.3) is 0 Å². The van der Waals surface area contributed by atoms with E-state index in [1.54, 1.807) is 0 Å². The minimum Gasteiger partial charge on any atom is -0.481 e. The van der Waals surface area contributed by atoms with Crippen LogP contribution in [0.2, 0.25) is 0 Å². The summed E-state index contributed by atoms with van der Waals surface area (Å²) < 4.78 is 0. The van der Waals surface area contributed by atoms with Crippen molar-refractivity contribution in [1.82, 2.24) is 10.2 Å². The Kier molecular flexibility index (Phi) is 6.99. The molecule has 2 amide bonds. The fourth-order valence-electron chi connectivity index (χ4n) is 3.09. The van der Waals surface area contributed by atoms with Crippen molar-refractivity contribution in [3.05, 3.63) is 0 Å². The monoisotopic (exact) mass is 298 g/mol. The largest absolute Gasteiger partial charge is 0.481 e. The molecule has 1 rings (SSSR count). The molecule has 122 valence electrons. The summed E-state index contributed by atoms with van der Waals surface area (Å²) in [5.41, 5.74) is -0.844. The van der Waals surface area contributed by atoms with Crippen LogP contribution in [0.1, 0.15) is 65.7 Å². The Morgan fingerprint density at radius 1 is 1.19 bits per heavy atom. The zero-order valence-corrected chi connectivity index (χ0v) is 13.7. The molecular weight excluding hydrogens is 268 g/mol. The van der Waals surface area contributed by atoms with E-state index in [2.05, 4.69) is 12.2 Å². The number of rotatable bonds is 6. The predicted octanol–water partition coefficient (Wildman–Crippen LogP) is 3.24. The van der Waals surface area contributed by atoms with Crippen molar-refractivity contribution in [3.8, 4) is 0 Å². The molecule has 0 aromatic heterocycles. The first-order valence-corrected chi connectivity index (χ1v) is 8.28. The third-order valence-electron chi connectivity index (χ3n) is 4.99. The van der Waals surface area contributed by atoms with Crippen molar-refractivity contribution in [2.24, 2.45) is 5.41 Å². The maximum atomic E-state index is 12.4. The van der Waals surface area contributed by atoms with Gasteiger partial charge in [-0.25, -0.2) is 4.79 Å².